The van der Waals surface area contributed by atoms with Crippen molar-refractivity contribution in [3.05, 3.63) is 64.4 Å². The van der Waals surface area contributed by atoms with Crippen molar-refractivity contribution in [1.82, 2.24) is 20.6 Å². The van der Waals surface area contributed by atoms with Gasteiger partial charge in [-0.05, 0) is 79.0 Å². The first-order chi connectivity index (χ1) is 18.5. The SMILES string of the molecule is CCNC(=O)C(NC(=O)C(C)(COC)c1ccc2nc(/C=C(/c3ccccc3Cl)C3(C)CC3)[nH]c2c1)C(C)C. The Morgan fingerprint density at radius 3 is 2.56 bits per heavy atom. The molecule has 2 atom stereocenters. The fourth-order valence-electron chi connectivity index (χ4n) is 4.98. The summed E-state index contributed by atoms with van der Waals surface area (Å²) in [6.07, 6.45) is 4.30. The Balaban J connectivity index is 1.69. The molecule has 1 aromatic heterocycles. The van der Waals surface area contributed by atoms with E-state index in [0.717, 1.165) is 45.8 Å². The highest BCUT2D eigenvalue weighted by Gasteiger charge is 2.42. The van der Waals surface area contributed by atoms with E-state index in [0.29, 0.717) is 6.54 Å². The summed E-state index contributed by atoms with van der Waals surface area (Å²) < 4.78 is 5.50. The summed E-state index contributed by atoms with van der Waals surface area (Å²) in [5, 5.41) is 6.51. The van der Waals surface area contributed by atoms with Crippen molar-refractivity contribution >= 4 is 46.1 Å². The van der Waals surface area contributed by atoms with E-state index in [1.54, 1.807) is 7.11 Å². The van der Waals surface area contributed by atoms with E-state index in [9.17, 15) is 9.59 Å². The third-order valence-corrected chi connectivity index (χ3v) is 8.08. The number of carbonyl (C=O) groups is 2. The van der Waals surface area contributed by atoms with Crippen LogP contribution in [0.3, 0.4) is 0 Å². The Morgan fingerprint density at radius 1 is 1.23 bits per heavy atom. The molecule has 8 heteroatoms. The molecule has 3 N–H and O–H groups in total. The molecule has 1 aliphatic rings. The Kier molecular flexibility index (Phi) is 8.52. The number of fused-ring (bicyclic) bond motifs is 1. The van der Waals surface area contributed by atoms with E-state index < -0.39 is 11.5 Å². The summed E-state index contributed by atoms with van der Waals surface area (Å²) in [6.45, 7) is 10.4. The Bertz CT molecular complexity index is 1390. The van der Waals surface area contributed by atoms with Crippen molar-refractivity contribution in [2.75, 3.05) is 20.3 Å². The van der Waals surface area contributed by atoms with Gasteiger partial charge in [0.2, 0.25) is 11.8 Å². The van der Waals surface area contributed by atoms with Crippen LogP contribution in [-0.2, 0) is 19.7 Å². The standard InChI is InChI=1S/C31H39ClN4O3/c1-7-33-28(37)27(19(2)3)36-29(38)31(5,18-39-6)20-12-13-24-25(16-20)35-26(34-24)17-22(30(4)14-15-30)21-10-8-9-11-23(21)32/h8-13,16-17,19,27H,7,14-15,18H2,1-6H3,(H,33,37)(H,34,35)(H,36,38)/b22-17-. The maximum atomic E-state index is 13.7. The molecule has 1 heterocycles. The summed E-state index contributed by atoms with van der Waals surface area (Å²) in [6, 6.07) is 13.0. The van der Waals surface area contributed by atoms with Gasteiger partial charge in [-0.3, -0.25) is 9.59 Å². The minimum absolute atomic E-state index is 0.0707. The van der Waals surface area contributed by atoms with Crippen LogP contribution < -0.4 is 10.6 Å². The number of nitrogens with zero attached hydrogens (tertiary/aromatic N) is 1. The van der Waals surface area contributed by atoms with E-state index in [-0.39, 0.29) is 29.8 Å². The molecule has 7 nitrogen and oxygen atoms in total. The maximum absolute atomic E-state index is 13.7. The van der Waals surface area contributed by atoms with Crippen molar-refractivity contribution in [2.45, 2.75) is 58.9 Å². The highest BCUT2D eigenvalue weighted by atomic mass is 35.5. The van der Waals surface area contributed by atoms with Gasteiger partial charge in [-0.1, -0.05) is 56.6 Å². The van der Waals surface area contributed by atoms with Gasteiger partial charge >= 0.3 is 0 Å². The number of methoxy groups -OCH3 is 1. The zero-order valence-corrected chi connectivity index (χ0v) is 24.4. The topological polar surface area (TPSA) is 96.1 Å². The van der Waals surface area contributed by atoms with Crippen molar-refractivity contribution in [2.24, 2.45) is 11.3 Å². The number of allylic oxidation sites excluding steroid dienone is 1. The molecule has 3 aromatic rings. The van der Waals surface area contributed by atoms with Gasteiger partial charge in [0.15, 0.2) is 0 Å². The zero-order valence-electron chi connectivity index (χ0n) is 23.7. The van der Waals surface area contributed by atoms with E-state index in [2.05, 4.69) is 34.7 Å². The molecular weight excluding hydrogens is 512 g/mol. The summed E-state index contributed by atoms with van der Waals surface area (Å²) in [5.41, 5.74) is 3.63. The molecule has 2 aromatic carbocycles. The van der Waals surface area contributed by atoms with E-state index in [1.165, 1.54) is 5.57 Å². The van der Waals surface area contributed by atoms with Crippen molar-refractivity contribution in [1.29, 1.82) is 0 Å². The number of aromatic amines is 1. The molecule has 0 spiro atoms. The first-order valence-electron chi connectivity index (χ1n) is 13.6. The third-order valence-electron chi connectivity index (χ3n) is 7.75. The number of nitrogens with one attached hydrogen (secondary N) is 3. The fraction of sp³-hybridized carbons (Fsp3) is 0.452. The molecule has 2 unspecified atom stereocenters. The van der Waals surface area contributed by atoms with Crippen LogP contribution in [-0.4, -0.2) is 48.1 Å². The number of rotatable bonds is 11. The van der Waals surface area contributed by atoms with Gasteiger partial charge in [-0.15, -0.1) is 0 Å². The lowest BCUT2D eigenvalue weighted by atomic mass is 9.81. The largest absolute Gasteiger partial charge is 0.383 e. The first-order valence-corrected chi connectivity index (χ1v) is 13.9. The number of ether oxygens (including phenoxy) is 1. The molecular formula is C31H39ClN4O3. The van der Waals surface area contributed by atoms with Crippen LogP contribution in [0, 0.1) is 11.3 Å². The number of aromatic nitrogens is 2. The third kappa shape index (κ3) is 6.04. The monoisotopic (exact) mass is 550 g/mol. The fourth-order valence-corrected chi connectivity index (χ4v) is 5.22. The summed E-state index contributed by atoms with van der Waals surface area (Å²) in [4.78, 5) is 34.5. The molecule has 2 amide bonds. The molecule has 208 valence electrons. The predicted molar refractivity (Wildman–Crippen MR) is 157 cm³/mol. The minimum atomic E-state index is -1.02. The van der Waals surface area contributed by atoms with E-state index in [4.69, 9.17) is 21.3 Å². The van der Waals surface area contributed by atoms with Gasteiger partial charge in [-0.25, -0.2) is 4.98 Å². The van der Waals surface area contributed by atoms with Crippen molar-refractivity contribution < 1.29 is 14.3 Å². The predicted octanol–water partition coefficient (Wildman–Crippen LogP) is 5.74. The molecule has 1 aliphatic carbocycles. The quantitative estimate of drug-likeness (QED) is 0.284. The maximum Gasteiger partial charge on any atom is 0.242 e. The van der Waals surface area contributed by atoms with E-state index >= 15 is 0 Å². The van der Waals surface area contributed by atoms with Gasteiger partial charge in [0, 0.05) is 18.7 Å². The van der Waals surface area contributed by atoms with Gasteiger partial charge in [0.25, 0.3) is 0 Å². The smallest absolute Gasteiger partial charge is 0.242 e. The second kappa shape index (κ2) is 11.5. The average molecular weight is 551 g/mol. The number of hydrogen-bond donors (Lipinski definition) is 3. The number of H-pyrrole nitrogens is 1. The molecule has 1 fully saturated rings. The van der Waals surface area contributed by atoms with Crippen molar-refractivity contribution in [3.63, 3.8) is 0 Å². The van der Waals surface area contributed by atoms with Crippen LogP contribution in [0.2, 0.25) is 5.02 Å². The normalized spacial score (nSPS) is 17.1. The average Bonchev–Trinajstić information content (AvgIpc) is 3.51. The number of benzene rings is 2. The number of likely N-dealkylation sites (N-methyl/N-ethyl adjacent to an activating group) is 1. The second-order valence-electron chi connectivity index (χ2n) is 11.3. The first kappa shape index (κ1) is 28.8. The number of imidazole rings is 1. The summed E-state index contributed by atoms with van der Waals surface area (Å²) in [7, 11) is 1.57. The molecule has 0 saturated heterocycles. The van der Waals surface area contributed by atoms with Crippen molar-refractivity contribution in [3.8, 4) is 0 Å². The minimum Gasteiger partial charge on any atom is -0.383 e. The van der Waals surface area contributed by atoms with Crippen LogP contribution >= 0.6 is 11.6 Å². The van der Waals surface area contributed by atoms with Gasteiger partial charge in [0.05, 0.1) is 23.1 Å². The molecule has 1 saturated carbocycles. The van der Waals surface area contributed by atoms with Gasteiger partial charge < -0.3 is 20.4 Å². The Labute approximate surface area is 235 Å². The molecule has 0 radical (unpaired) electrons. The number of amides is 2. The summed E-state index contributed by atoms with van der Waals surface area (Å²) in [5.74, 6) is 0.201. The van der Waals surface area contributed by atoms with Crippen LogP contribution in [0.25, 0.3) is 22.7 Å². The molecule has 39 heavy (non-hydrogen) atoms. The van der Waals surface area contributed by atoms with Gasteiger partial charge in [-0.2, -0.15) is 0 Å². The highest BCUT2D eigenvalue weighted by Crippen LogP contribution is 2.56. The Hall–Kier alpha value is -3.16. The van der Waals surface area contributed by atoms with E-state index in [1.807, 2.05) is 64.1 Å². The van der Waals surface area contributed by atoms with Crippen LogP contribution in [0.4, 0.5) is 0 Å². The number of carbonyl (C=O) groups excluding carboxylic acids is 2. The lowest BCUT2D eigenvalue weighted by Crippen LogP contribution is -2.55. The van der Waals surface area contributed by atoms with Crippen LogP contribution in [0.1, 0.15) is 64.4 Å². The van der Waals surface area contributed by atoms with Gasteiger partial charge in [0.1, 0.15) is 11.9 Å². The Morgan fingerprint density at radius 2 is 1.95 bits per heavy atom. The second-order valence-corrected chi connectivity index (χ2v) is 11.7. The highest BCUT2D eigenvalue weighted by molar-refractivity contribution is 6.32. The van der Waals surface area contributed by atoms with Crippen LogP contribution in [0.5, 0.6) is 0 Å². The zero-order chi connectivity index (χ0) is 28.4. The molecule has 0 bridgehead atoms. The summed E-state index contributed by atoms with van der Waals surface area (Å²) >= 11 is 6.57. The molecule has 4 rings (SSSR count). The lowest BCUT2D eigenvalue weighted by Gasteiger charge is -2.31. The molecule has 0 aliphatic heterocycles. The number of hydrogen-bond acceptors (Lipinski definition) is 4. The lowest BCUT2D eigenvalue weighted by molar-refractivity contribution is -0.134. The van der Waals surface area contributed by atoms with Crippen LogP contribution in [0.15, 0.2) is 42.5 Å². The number of halogens is 1.